The molecule has 0 aliphatic heterocycles. The third-order valence-corrected chi connectivity index (χ3v) is 3.71. The summed E-state index contributed by atoms with van der Waals surface area (Å²) >= 11 is 6.13. The molecule has 3 rings (SSSR count). The van der Waals surface area contributed by atoms with Crippen LogP contribution in [0.2, 0.25) is 5.02 Å². The van der Waals surface area contributed by atoms with Crippen molar-refractivity contribution < 1.29 is 4.79 Å². The van der Waals surface area contributed by atoms with Gasteiger partial charge < -0.3 is 5.32 Å². The summed E-state index contributed by atoms with van der Waals surface area (Å²) in [7, 11) is 0. The van der Waals surface area contributed by atoms with Crippen molar-refractivity contribution in [3.63, 3.8) is 0 Å². The number of carbonyl (C=O) groups is 1. The lowest BCUT2D eigenvalue weighted by Gasteiger charge is -2.04. The van der Waals surface area contributed by atoms with E-state index in [0.29, 0.717) is 23.7 Å². The maximum Gasteiger partial charge on any atom is 0.254 e. The van der Waals surface area contributed by atoms with Gasteiger partial charge in [0.1, 0.15) is 0 Å². The minimum Gasteiger partial charge on any atom is -0.346 e. The van der Waals surface area contributed by atoms with Gasteiger partial charge in [-0.3, -0.25) is 14.5 Å². The third kappa shape index (κ3) is 3.96. The summed E-state index contributed by atoms with van der Waals surface area (Å²) in [6.45, 7) is 0.905. The molecule has 2 aromatic heterocycles. The Morgan fingerprint density at radius 2 is 2.00 bits per heavy atom. The average Bonchev–Trinajstić information content (AvgIpc) is 3.04. The van der Waals surface area contributed by atoms with Crippen molar-refractivity contribution in [3.05, 3.63) is 82.9 Å². The molecule has 3 aromatic rings. The van der Waals surface area contributed by atoms with E-state index < -0.39 is 0 Å². The van der Waals surface area contributed by atoms with Crippen LogP contribution in [0.15, 0.2) is 61.1 Å². The second-order valence-corrected chi connectivity index (χ2v) is 5.43. The number of halogens is 1. The van der Waals surface area contributed by atoms with Gasteiger partial charge >= 0.3 is 0 Å². The minimum atomic E-state index is -0.180. The van der Waals surface area contributed by atoms with Crippen molar-refractivity contribution in [1.82, 2.24) is 20.1 Å². The van der Waals surface area contributed by atoms with Crippen LogP contribution in [0.5, 0.6) is 0 Å². The minimum absolute atomic E-state index is 0.180. The number of pyridine rings is 1. The van der Waals surface area contributed by atoms with E-state index in [1.807, 2.05) is 42.5 Å². The fraction of sp³-hybridized carbons (Fsp3) is 0.118. The van der Waals surface area contributed by atoms with E-state index in [4.69, 9.17) is 11.6 Å². The van der Waals surface area contributed by atoms with Gasteiger partial charge in [0, 0.05) is 17.4 Å². The average molecular weight is 327 g/mol. The van der Waals surface area contributed by atoms with Crippen LogP contribution in [0.3, 0.4) is 0 Å². The van der Waals surface area contributed by atoms with Gasteiger partial charge in [-0.05, 0) is 23.8 Å². The molecule has 0 saturated heterocycles. The highest BCUT2D eigenvalue weighted by molar-refractivity contribution is 6.31. The summed E-state index contributed by atoms with van der Waals surface area (Å²) in [6, 6.07) is 13.2. The van der Waals surface area contributed by atoms with Crippen LogP contribution >= 0.6 is 11.6 Å². The monoisotopic (exact) mass is 326 g/mol. The zero-order chi connectivity index (χ0) is 16.1. The summed E-state index contributed by atoms with van der Waals surface area (Å²) in [5.41, 5.74) is 2.27. The number of aromatic nitrogens is 3. The van der Waals surface area contributed by atoms with Crippen molar-refractivity contribution in [1.29, 1.82) is 0 Å². The Labute approximate surface area is 138 Å². The van der Waals surface area contributed by atoms with Crippen molar-refractivity contribution in [2.45, 2.75) is 13.1 Å². The molecule has 0 unspecified atom stereocenters. The zero-order valence-corrected chi connectivity index (χ0v) is 13.1. The standard InChI is InChI=1S/C17H15ClN4O/c18-16-7-2-1-5-13(16)11-22-12-14(9-21-22)17(23)20-10-15-6-3-4-8-19-15/h1-9,12H,10-11H2,(H,20,23). The molecule has 1 N–H and O–H groups in total. The van der Waals surface area contributed by atoms with Gasteiger partial charge in [0.15, 0.2) is 0 Å². The molecule has 0 aliphatic carbocycles. The Balaban J connectivity index is 1.62. The molecule has 23 heavy (non-hydrogen) atoms. The normalized spacial score (nSPS) is 10.5. The van der Waals surface area contributed by atoms with Crippen LogP contribution in [-0.4, -0.2) is 20.7 Å². The molecule has 0 fully saturated rings. The van der Waals surface area contributed by atoms with Gasteiger partial charge in [0.05, 0.1) is 30.5 Å². The summed E-state index contributed by atoms with van der Waals surface area (Å²) in [6.07, 6.45) is 4.95. The Bertz CT molecular complexity index is 801. The van der Waals surface area contributed by atoms with Crippen LogP contribution in [0.1, 0.15) is 21.6 Å². The highest BCUT2D eigenvalue weighted by atomic mass is 35.5. The van der Waals surface area contributed by atoms with E-state index in [1.54, 1.807) is 23.3 Å². The van der Waals surface area contributed by atoms with E-state index >= 15 is 0 Å². The summed E-state index contributed by atoms with van der Waals surface area (Å²) < 4.78 is 1.69. The van der Waals surface area contributed by atoms with E-state index in [1.165, 1.54) is 0 Å². The van der Waals surface area contributed by atoms with Crippen molar-refractivity contribution >= 4 is 17.5 Å². The van der Waals surface area contributed by atoms with Gasteiger partial charge in [-0.15, -0.1) is 0 Å². The molecule has 0 radical (unpaired) electrons. The topological polar surface area (TPSA) is 59.8 Å². The molecule has 0 atom stereocenters. The van der Waals surface area contributed by atoms with Gasteiger partial charge in [-0.1, -0.05) is 35.9 Å². The molecule has 116 valence electrons. The number of carbonyl (C=O) groups excluding carboxylic acids is 1. The van der Waals surface area contributed by atoms with Crippen LogP contribution in [-0.2, 0) is 13.1 Å². The molecular weight excluding hydrogens is 312 g/mol. The molecule has 2 heterocycles. The maximum atomic E-state index is 12.1. The fourth-order valence-corrected chi connectivity index (χ4v) is 2.34. The number of amides is 1. The first-order valence-corrected chi connectivity index (χ1v) is 7.54. The van der Waals surface area contributed by atoms with Crippen LogP contribution < -0.4 is 5.32 Å². The quantitative estimate of drug-likeness (QED) is 0.784. The molecule has 0 aliphatic rings. The third-order valence-electron chi connectivity index (χ3n) is 3.34. The molecule has 1 aromatic carbocycles. The van der Waals surface area contributed by atoms with E-state index in [0.717, 1.165) is 11.3 Å². The van der Waals surface area contributed by atoms with E-state index in [2.05, 4.69) is 15.4 Å². The van der Waals surface area contributed by atoms with Gasteiger partial charge in [-0.2, -0.15) is 5.10 Å². The van der Waals surface area contributed by atoms with Gasteiger partial charge in [0.25, 0.3) is 5.91 Å². The SMILES string of the molecule is O=C(NCc1ccccn1)c1cnn(Cc2ccccc2Cl)c1. The molecule has 5 nitrogen and oxygen atoms in total. The number of rotatable bonds is 5. The first-order valence-electron chi connectivity index (χ1n) is 7.16. The van der Waals surface area contributed by atoms with Gasteiger partial charge in [-0.25, -0.2) is 0 Å². The smallest absolute Gasteiger partial charge is 0.254 e. The van der Waals surface area contributed by atoms with Crippen LogP contribution in [0.25, 0.3) is 0 Å². The lowest BCUT2D eigenvalue weighted by molar-refractivity contribution is 0.0950. The van der Waals surface area contributed by atoms with Gasteiger partial charge in [0.2, 0.25) is 0 Å². The highest BCUT2D eigenvalue weighted by Gasteiger charge is 2.09. The summed E-state index contributed by atoms with van der Waals surface area (Å²) in [5, 5.41) is 7.72. The molecular formula is C17H15ClN4O. The Morgan fingerprint density at radius 1 is 1.17 bits per heavy atom. The summed E-state index contributed by atoms with van der Waals surface area (Å²) in [5.74, 6) is -0.180. The first kappa shape index (κ1) is 15.2. The predicted octanol–water partition coefficient (Wildman–Crippen LogP) is 2.91. The number of nitrogens with zero attached hydrogens (tertiary/aromatic N) is 3. The molecule has 0 saturated carbocycles. The van der Waals surface area contributed by atoms with Crippen molar-refractivity contribution in [2.75, 3.05) is 0 Å². The van der Waals surface area contributed by atoms with Crippen molar-refractivity contribution in [2.24, 2.45) is 0 Å². The number of nitrogens with one attached hydrogen (secondary N) is 1. The lowest BCUT2D eigenvalue weighted by atomic mass is 10.2. The molecule has 0 spiro atoms. The second kappa shape index (κ2) is 7.07. The predicted molar refractivity (Wildman–Crippen MR) is 88.2 cm³/mol. The Kier molecular flexibility index (Phi) is 4.68. The zero-order valence-electron chi connectivity index (χ0n) is 12.3. The van der Waals surface area contributed by atoms with Crippen LogP contribution in [0.4, 0.5) is 0 Å². The molecule has 6 heteroatoms. The van der Waals surface area contributed by atoms with E-state index in [9.17, 15) is 4.79 Å². The number of hydrogen-bond donors (Lipinski definition) is 1. The van der Waals surface area contributed by atoms with Crippen LogP contribution in [0, 0.1) is 0 Å². The highest BCUT2D eigenvalue weighted by Crippen LogP contribution is 2.16. The Morgan fingerprint density at radius 3 is 2.78 bits per heavy atom. The number of hydrogen-bond acceptors (Lipinski definition) is 3. The molecule has 1 amide bonds. The second-order valence-electron chi connectivity index (χ2n) is 5.02. The summed E-state index contributed by atoms with van der Waals surface area (Å²) in [4.78, 5) is 16.3. The fourth-order valence-electron chi connectivity index (χ4n) is 2.14. The Hall–Kier alpha value is -2.66. The van der Waals surface area contributed by atoms with E-state index in [-0.39, 0.29) is 5.91 Å². The number of benzene rings is 1. The first-order chi connectivity index (χ1) is 11.2. The lowest BCUT2D eigenvalue weighted by Crippen LogP contribution is -2.22. The largest absolute Gasteiger partial charge is 0.346 e. The van der Waals surface area contributed by atoms with Crippen molar-refractivity contribution in [3.8, 4) is 0 Å². The molecule has 0 bridgehead atoms. The maximum absolute atomic E-state index is 12.1.